The zero-order valence-corrected chi connectivity index (χ0v) is 29.7. The minimum absolute atomic E-state index is 0.0802. The van der Waals surface area contributed by atoms with E-state index in [9.17, 15) is 0 Å². The van der Waals surface area contributed by atoms with Gasteiger partial charge in [-0.05, 0) is 57.1 Å². The largest absolute Gasteiger partial charge is 0.208 e. The number of benzene rings is 7. The Labute approximate surface area is 307 Å². The van der Waals surface area contributed by atoms with E-state index in [1.807, 2.05) is 72.0 Å². The Morgan fingerprint density at radius 2 is 0.942 bits per heavy atom. The third-order valence-corrected chi connectivity index (χ3v) is 11.8. The van der Waals surface area contributed by atoms with Crippen molar-refractivity contribution in [1.82, 2.24) is 15.0 Å². The minimum Gasteiger partial charge on any atom is -0.208 e. The molecule has 1 aliphatic carbocycles. The van der Waals surface area contributed by atoms with Crippen LogP contribution in [0.3, 0.4) is 0 Å². The molecule has 2 heterocycles. The fraction of sp³-hybridized carbons (Fsp3) is 0.0625. The van der Waals surface area contributed by atoms with Crippen molar-refractivity contribution in [2.75, 3.05) is 0 Å². The molecule has 4 heteroatoms. The van der Waals surface area contributed by atoms with Gasteiger partial charge in [0, 0.05) is 47.8 Å². The monoisotopic (exact) mass is 683 g/mol. The Balaban J connectivity index is 1.10. The summed E-state index contributed by atoms with van der Waals surface area (Å²) < 4.78 is 2.72. The normalized spacial score (nSPS) is 13.0. The first-order chi connectivity index (χ1) is 25.5. The van der Waals surface area contributed by atoms with Crippen LogP contribution in [0.2, 0.25) is 0 Å². The van der Waals surface area contributed by atoms with Crippen LogP contribution in [-0.2, 0) is 5.41 Å². The first kappa shape index (κ1) is 30.6. The number of thiophene rings is 1. The van der Waals surface area contributed by atoms with Crippen molar-refractivity contribution in [3.63, 3.8) is 0 Å². The smallest absolute Gasteiger partial charge is 0.164 e. The molecular weight excluding hydrogens is 651 g/mol. The SMILES string of the molecule is CC1(C)c2ccc(-c3ccccc3-c3cccc(-c4nc(-c5ccccc5)nc(-c5ccccc5)n4)c3)cc2-c2c1ccc1c2sc2ccccc21. The molecule has 10 rings (SSSR count). The zero-order valence-electron chi connectivity index (χ0n) is 28.8. The van der Waals surface area contributed by atoms with Gasteiger partial charge in [0.2, 0.25) is 0 Å². The number of hydrogen-bond acceptors (Lipinski definition) is 4. The second kappa shape index (κ2) is 11.9. The lowest BCUT2D eigenvalue weighted by Gasteiger charge is -2.21. The summed E-state index contributed by atoms with van der Waals surface area (Å²) in [5.41, 5.74) is 13.0. The van der Waals surface area contributed by atoms with Crippen LogP contribution in [0.25, 0.3) is 87.7 Å². The molecule has 0 bridgehead atoms. The molecule has 0 saturated heterocycles. The molecule has 3 nitrogen and oxygen atoms in total. The van der Waals surface area contributed by atoms with Gasteiger partial charge in [-0.25, -0.2) is 15.0 Å². The molecule has 9 aromatic rings. The van der Waals surface area contributed by atoms with Crippen LogP contribution in [0.1, 0.15) is 25.0 Å². The van der Waals surface area contributed by atoms with Crippen LogP contribution >= 0.6 is 11.3 Å². The minimum atomic E-state index is -0.0802. The van der Waals surface area contributed by atoms with Crippen molar-refractivity contribution in [3.05, 3.63) is 175 Å². The summed E-state index contributed by atoms with van der Waals surface area (Å²) >= 11 is 1.92. The van der Waals surface area contributed by atoms with Crippen LogP contribution in [0.15, 0.2) is 164 Å². The number of rotatable bonds is 5. The van der Waals surface area contributed by atoms with Crippen molar-refractivity contribution in [2.45, 2.75) is 19.3 Å². The summed E-state index contributed by atoms with van der Waals surface area (Å²) in [5, 5.41) is 2.68. The first-order valence-electron chi connectivity index (χ1n) is 17.7. The molecule has 246 valence electrons. The third-order valence-electron chi connectivity index (χ3n) is 10.6. The highest BCUT2D eigenvalue weighted by Crippen LogP contribution is 2.54. The van der Waals surface area contributed by atoms with Crippen LogP contribution in [-0.4, -0.2) is 15.0 Å². The summed E-state index contributed by atoms with van der Waals surface area (Å²) in [6.07, 6.45) is 0. The summed E-state index contributed by atoms with van der Waals surface area (Å²) in [6, 6.07) is 58.2. The second-order valence-corrected chi connectivity index (χ2v) is 15.1. The fourth-order valence-electron chi connectivity index (χ4n) is 7.94. The van der Waals surface area contributed by atoms with Gasteiger partial charge in [0.25, 0.3) is 0 Å². The van der Waals surface area contributed by atoms with E-state index in [2.05, 4.69) is 117 Å². The van der Waals surface area contributed by atoms with Crippen molar-refractivity contribution in [2.24, 2.45) is 0 Å². The molecule has 0 radical (unpaired) electrons. The molecule has 0 unspecified atom stereocenters. The maximum absolute atomic E-state index is 5.01. The van der Waals surface area contributed by atoms with Crippen molar-refractivity contribution in [1.29, 1.82) is 0 Å². The maximum Gasteiger partial charge on any atom is 0.164 e. The molecule has 52 heavy (non-hydrogen) atoms. The highest BCUT2D eigenvalue weighted by atomic mass is 32.1. The Hall–Kier alpha value is -6.23. The first-order valence-corrected chi connectivity index (χ1v) is 18.5. The molecule has 0 amide bonds. The standard InChI is InChI=1S/C48H33N3S/c1-48(2)40-26-24-33(29-39(40)43-41(48)27-25-38-37-22-11-12-23-42(37)52-44(38)43)36-21-10-9-20-35(36)32-18-13-19-34(28-32)47-50-45(30-14-5-3-6-15-30)49-46(51-47)31-16-7-4-8-17-31/h3-29H,1-2H3. The third kappa shape index (κ3) is 4.90. The Morgan fingerprint density at radius 3 is 1.63 bits per heavy atom. The van der Waals surface area contributed by atoms with E-state index in [1.165, 1.54) is 59.1 Å². The summed E-state index contributed by atoms with van der Waals surface area (Å²) in [6.45, 7) is 4.73. The van der Waals surface area contributed by atoms with Crippen molar-refractivity contribution in [3.8, 4) is 67.5 Å². The summed E-state index contributed by atoms with van der Waals surface area (Å²) in [7, 11) is 0. The Kier molecular flexibility index (Phi) is 7.02. The number of fused-ring (bicyclic) bond motifs is 7. The quantitative estimate of drug-likeness (QED) is 0.181. The molecule has 0 saturated carbocycles. The zero-order chi connectivity index (χ0) is 34.8. The van der Waals surface area contributed by atoms with E-state index in [0.717, 1.165) is 22.3 Å². The average molecular weight is 684 g/mol. The molecule has 1 aliphatic rings. The molecule has 0 spiro atoms. The van der Waals surface area contributed by atoms with E-state index in [-0.39, 0.29) is 5.41 Å². The number of nitrogens with zero attached hydrogens (tertiary/aromatic N) is 3. The van der Waals surface area contributed by atoms with Gasteiger partial charge in [-0.3, -0.25) is 0 Å². The van der Waals surface area contributed by atoms with Crippen LogP contribution in [0.4, 0.5) is 0 Å². The number of hydrogen-bond donors (Lipinski definition) is 0. The Morgan fingerprint density at radius 1 is 0.404 bits per heavy atom. The van der Waals surface area contributed by atoms with E-state index in [0.29, 0.717) is 17.5 Å². The van der Waals surface area contributed by atoms with E-state index in [4.69, 9.17) is 15.0 Å². The maximum atomic E-state index is 5.01. The number of aromatic nitrogens is 3. The lowest BCUT2D eigenvalue weighted by atomic mass is 9.82. The van der Waals surface area contributed by atoms with Crippen molar-refractivity contribution >= 4 is 31.5 Å². The lowest BCUT2D eigenvalue weighted by molar-refractivity contribution is 0.661. The topological polar surface area (TPSA) is 38.7 Å². The summed E-state index contributed by atoms with van der Waals surface area (Å²) in [5.74, 6) is 1.96. The molecule has 2 aromatic heterocycles. The van der Waals surface area contributed by atoms with Gasteiger partial charge in [-0.2, -0.15) is 0 Å². The molecule has 0 N–H and O–H groups in total. The van der Waals surface area contributed by atoms with Gasteiger partial charge in [-0.15, -0.1) is 11.3 Å². The van der Waals surface area contributed by atoms with Crippen LogP contribution in [0, 0.1) is 0 Å². The summed E-state index contributed by atoms with van der Waals surface area (Å²) in [4.78, 5) is 14.9. The highest BCUT2D eigenvalue weighted by Gasteiger charge is 2.37. The predicted octanol–water partition coefficient (Wildman–Crippen LogP) is 12.9. The average Bonchev–Trinajstić information content (AvgIpc) is 3.70. The van der Waals surface area contributed by atoms with E-state index >= 15 is 0 Å². The van der Waals surface area contributed by atoms with Gasteiger partial charge < -0.3 is 0 Å². The molecule has 0 fully saturated rings. The van der Waals surface area contributed by atoms with Gasteiger partial charge in [0.1, 0.15) is 0 Å². The van der Waals surface area contributed by atoms with E-state index in [1.54, 1.807) is 0 Å². The molecule has 0 atom stereocenters. The van der Waals surface area contributed by atoms with Gasteiger partial charge in [0.05, 0.1) is 0 Å². The second-order valence-electron chi connectivity index (χ2n) is 14.0. The highest BCUT2D eigenvalue weighted by molar-refractivity contribution is 7.26. The van der Waals surface area contributed by atoms with Gasteiger partial charge in [0.15, 0.2) is 17.5 Å². The lowest BCUT2D eigenvalue weighted by Crippen LogP contribution is -2.14. The molecular formula is C48H33N3S. The molecule has 7 aromatic carbocycles. The van der Waals surface area contributed by atoms with E-state index < -0.39 is 0 Å². The molecule has 0 aliphatic heterocycles. The predicted molar refractivity (Wildman–Crippen MR) is 217 cm³/mol. The van der Waals surface area contributed by atoms with Gasteiger partial charge >= 0.3 is 0 Å². The van der Waals surface area contributed by atoms with Crippen LogP contribution in [0.5, 0.6) is 0 Å². The van der Waals surface area contributed by atoms with Crippen LogP contribution < -0.4 is 0 Å². The Bertz CT molecular complexity index is 2760. The fourth-order valence-corrected chi connectivity index (χ4v) is 9.20. The van der Waals surface area contributed by atoms with Crippen molar-refractivity contribution < 1.29 is 0 Å². The van der Waals surface area contributed by atoms with Gasteiger partial charge in [-0.1, -0.05) is 159 Å².